The average Bonchev–Trinajstić information content (AvgIpc) is 2.92. The van der Waals surface area contributed by atoms with Crippen molar-refractivity contribution in [1.29, 1.82) is 5.26 Å². The summed E-state index contributed by atoms with van der Waals surface area (Å²) in [6.07, 6.45) is 1.98. The molecule has 0 amide bonds. The van der Waals surface area contributed by atoms with Gasteiger partial charge in [-0.2, -0.15) is 5.26 Å². The maximum Gasteiger partial charge on any atom is 0.213 e. The number of furan rings is 1. The lowest BCUT2D eigenvalue weighted by Gasteiger charge is -2.06. The maximum atomic E-state index is 13.9. The van der Waals surface area contributed by atoms with Crippen LogP contribution in [0.1, 0.15) is 11.1 Å². The summed E-state index contributed by atoms with van der Waals surface area (Å²) in [4.78, 5) is 0. The van der Waals surface area contributed by atoms with Crippen LogP contribution in [0.2, 0.25) is 0 Å². The molecule has 0 radical (unpaired) electrons. The summed E-state index contributed by atoms with van der Waals surface area (Å²) in [5, 5.41) is 10.8. The number of benzene rings is 2. The van der Waals surface area contributed by atoms with Crippen LogP contribution in [0.25, 0.3) is 33.2 Å². The molecule has 0 saturated carbocycles. The highest BCUT2D eigenvalue weighted by Gasteiger charge is 2.21. The number of hydrogen-bond donors (Lipinski definition) is 0. The molecule has 3 nitrogen and oxygen atoms in total. The molecule has 4 heteroatoms. The zero-order valence-electron chi connectivity index (χ0n) is 13.3. The summed E-state index contributed by atoms with van der Waals surface area (Å²) in [6, 6.07) is 14.6. The number of hydrogen-bond acceptors (Lipinski definition) is 2. The third-order valence-electron chi connectivity index (χ3n) is 4.37. The monoisotopic (exact) mass is 317 g/mol. The van der Waals surface area contributed by atoms with Crippen molar-refractivity contribution in [2.24, 2.45) is 7.05 Å². The molecule has 0 spiro atoms. The lowest BCUT2D eigenvalue weighted by atomic mass is 9.97. The topological polar surface area (TPSA) is 40.8 Å². The molecule has 0 atom stereocenters. The first-order chi connectivity index (χ1) is 11.6. The van der Waals surface area contributed by atoms with Gasteiger partial charge in [-0.05, 0) is 30.7 Å². The van der Waals surface area contributed by atoms with Crippen LogP contribution in [0.5, 0.6) is 0 Å². The van der Waals surface area contributed by atoms with Crippen molar-refractivity contribution in [3.63, 3.8) is 0 Å². The van der Waals surface area contributed by atoms with E-state index in [2.05, 4.69) is 0 Å². The molecule has 0 aliphatic heterocycles. The van der Waals surface area contributed by atoms with E-state index in [1.807, 2.05) is 61.1 Å². The Kier molecular flexibility index (Phi) is 3.10. The predicted octanol–water partition coefficient (Wildman–Crippen LogP) is 4.40. The van der Waals surface area contributed by atoms with E-state index >= 15 is 0 Å². The van der Waals surface area contributed by atoms with E-state index in [0.717, 1.165) is 27.6 Å². The largest absolute Gasteiger partial charge is 0.456 e. The molecular formula is C20H14FN2O+. The van der Waals surface area contributed by atoms with Crippen molar-refractivity contribution < 1.29 is 13.4 Å². The molecule has 0 N–H and O–H groups in total. The first kappa shape index (κ1) is 14.4. The van der Waals surface area contributed by atoms with E-state index < -0.39 is 5.82 Å². The smallest absolute Gasteiger partial charge is 0.213 e. The van der Waals surface area contributed by atoms with Gasteiger partial charge in [-0.3, -0.25) is 0 Å². The Morgan fingerprint density at radius 1 is 1.12 bits per heavy atom. The molecule has 4 rings (SSSR count). The van der Waals surface area contributed by atoms with Gasteiger partial charge in [0.15, 0.2) is 6.20 Å². The first-order valence-electron chi connectivity index (χ1n) is 7.60. The van der Waals surface area contributed by atoms with Crippen molar-refractivity contribution in [3.8, 4) is 17.3 Å². The Morgan fingerprint density at radius 2 is 1.96 bits per heavy atom. The third-order valence-corrected chi connectivity index (χ3v) is 4.37. The second-order valence-corrected chi connectivity index (χ2v) is 5.87. The summed E-state index contributed by atoms with van der Waals surface area (Å²) in [5.74, 6) is -0.562. The molecule has 2 aromatic carbocycles. The van der Waals surface area contributed by atoms with Crippen molar-refractivity contribution in [2.45, 2.75) is 6.92 Å². The number of halogens is 1. The number of pyridine rings is 1. The first-order valence-corrected chi connectivity index (χ1v) is 7.60. The van der Waals surface area contributed by atoms with E-state index in [9.17, 15) is 4.39 Å². The van der Waals surface area contributed by atoms with Gasteiger partial charge < -0.3 is 4.42 Å². The highest BCUT2D eigenvalue weighted by molar-refractivity contribution is 6.12. The number of aromatic nitrogens is 1. The normalized spacial score (nSPS) is 11.1. The minimum absolute atomic E-state index is 0.0232. The molecule has 2 aromatic heterocycles. The fourth-order valence-electron chi connectivity index (χ4n) is 3.19. The number of aryl methyl sites for hydroxylation is 2. The third kappa shape index (κ3) is 1.99. The number of rotatable bonds is 1. The standard InChI is InChI=1S/C20H14FN2O/c1-12-6-7-17-20(19(12)16-5-3-4-8-23(16)2)14-9-13(11-22)15(21)10-18(14)24-17/h3-10H,1-2H3/q+1. The van der Waals surface area contributed by atoms with E-state index in [1.165, 1.54) is 6.07 Å². The Hall–Kier alpha value is -3.19. The average molecular weight is 317 g/mol. The Bertz CT molecular complexity index is 1150. The number of nitrogens with zero attached hydrogens (tertiary/aromatic N) is 2. The van der Waals surface area contributed by atoms with Gasteiger partial charge >= 0.3 is 0 Å². The lowest BCUT2D eigenvalue weighted by Crippen LogP contribution is -2.30. The highest BCUT2D eigenvalue weighted by atomic mass is 19.1. The molecule has 2 heterocycles. The SMILES string of the molecule is Cc1ccc2oc3cc(F)c(C#N)cc3c2c1-c1cccc[n+]1C. The fraction of sp³-hybridized carbons (Fsp3) is 0.100. The molecular weight excluding hydrogens is 303 g/mol. The molecule has 0 bridgehead atoms. The molecule has 0 unspecified atom stereocenters. The van der Waals surface area contributed by atoms with Gasteiger partial charge in [-0.25, -0.2) is 8.96 Å². The van der Waals surface area contributed by atoms with Gasteiger partial charge in [0.2, 0.25) is 5.69 Å². The maximum absolute atomic E-state index is 13.9. The second-order valence-electron chi connectivity index (χ2n) is 5.87. The molecule has 24 heavy (non-hydrogen) atoms. The van der Waals surface area contributed by atoms with Crippen LogP contribution in [0.15, 0.2) is 53.1 Å². The zero-order chi connectivity index (χ0) is 16.8. The molecule has 0 aliphatic rings. The minimum atomic E-state index is -0.562. The van der Waals surface area contributed by atoms with E-state index in [1.54, 1.807) is 6.07 Å². The van der Waals surface area contributed by atoms with Gasteiger partial charge in [-0.15, -0.1) is 0 Å². The zero-order valence-corrected chi connectivity index (χ0v) is 13.3. The summed E-state index contributed by atoms with van der Waals surface area (Å²) >= 11 is 0. The summed E-state index contributed by atoms with van der Waals surface area (Å²) in [7, 11) is 1.98. The van der Waals surface area contributed by atoms with Crippen LogP contribution in [0, 0.1) is 24.1 Å². The quantitative estimate of drug-likeness (QED) is 0.488. The van der Waals surface area contributed by atoms with E-state index in [4.69, 9.17) is 9.68 Å². The highest BCUT2D eigenvalue weighted by Crippen LogP contribution is 2.38. The van der Waals surface area contributed by atoms with Gasteiger partial charge in [0.1, 0.15) is 30.1 Å². The van der Waals surface area contributed by atoms with Crippen molar-refractivity contribution in [1.82, 2.24) is 0 Å². The van der Waals surface area contributed by atoms with Crippen LogP contribution < -0.4 is 4.57 Å². The van der Waals surface area contributed by atoms with E-state index in [0.29, 0.717) is 11.2 Å². The van der Waals surface area contributed by atoms with E-state index in [-0.39, 0.29) is 5.56 Å². The molecule has 0 fully saturated rings. The lowest BCUT2D eigenvalue weighted by molar-refractivity contribution is -0.660. The molecule has 116 valence electrons. The Morgan fingerprint density at radius 3 is 2.71 bits per heavy atom. The van der Waals surface area contributed by atoms with Crippen LogP contribution in [-0.2, 0) is 7.05 Å². The molecule has 0 saturated heterocycles. The van der Waals surface area contributed by atoms with Crippen molar-refractivity contribution in [3.05, 3.63) is 65.6 Å². The predicted molar refractivity (Wildman–Crippen MR) is 89.7 cm³/mol. The second kappa shape index (κ2) is 5.17. The van der Waals surface area contributed by atoms with Gasteiger partial charge in [-0.1, -0.05) is 6.07 Å². The Balaban J connectivity index is 2.21. The number of nitriles is 1. The van der Waals surface area contributed by atoms with Gasteiger partial charge in [0.05, 0.1) is 11.1 Å². The summed E-state index contributed by atoms with van der Waals surface area (Å²) in [6.45, 7) is 2.04. The Labute approximate surface area is 138 Å². The fourth-order valence-corrected chi connectivity index (χ4v) is 3.19. The van der Waals surface area contributed by atoms with Crippen LogP contribution in [0.4, 0.5) is 4.39 Å². The van der Waals surface area contributed by atoms with Crippen LogP contribution >= 0.6 is 0 Å². The minimum Gasteiger partial charge on any atom is -0.456 e. The van der Waals surface area contributed by atoms with Gasteiger partial charge in [0.25, 0.3) is 0 Å². The van der Waals surface area contributed by atoms with Crippen LogP contribution in [0.3, 0.4) is 0 Å². The summed E-state index contributed by atoms with van der Waals surface area (Å²) in [5.41, 5.74) is 4.32. The molecule has 4 aromatic rings. The van der Waals surface area contributed by atoms with Gasteiger partial charge in [0, 0.05) is 29.0 Å². The number of fused-ring (bicyclic) bond motifs is 3. The molecule has 0 aliphatic carbocycles. The van der Waals surface area contributed by atoms with Crippen molar-refractivity contribution in [2.75, 3.05) is 0 Å². The van der Waals surface area contributed by atoms with Crippen molar-refractivity contribution >= 4 is 21.9 Å². The summed E-state index contributed by atoms with van der Waals surface area (Å²) < 4.78 is 21.8. The van der Waals surface area contributed by atoms with Crippen LogP contribution in [-0.4, -0.2) is 0 Å².